The summed E-state index contributed by atoms with van der Waals surface area (Å²) in [6, 6.07) is 1.37. The summed E-state index contributed by atoms with van der Waals surface area (Å²) in [4.78, 5) is 47.7. The summed E-state index contributed by atoms with van der Waals surface area (Å²) >= 11 is 6.38. The van der Waals surface area contributed by atoms with Gasteiger partial charge in [-0.05, 0) is 26.7 Å². The minimum absolute atomic E-state index is 0.00577. The fraction of sp³-hybridized carbons (Fsp3) is 0.500. The lowest BCUT2D eigenvalue weighted by Crippen LogP contribution is -2.57. The molecule has 0 unspecified atom stereocenters. The molecule has 2 aliphatic rings. The molecular weight excluding hydrogens is 486 g/mol. The smallest absolute Gasteiger partial charge is 0.410 e. The van der Waals surface area contributed by atoms with Crippen molar-refractivity contribution in [2.75, 3.05) is 31.1 Å². The Morgan fingerprint density at radius 3 is 2.64 bits per heavy atom. The summed E-state index contributed by atoms with van der Waals surface area (Å²) in [6.45, 7) is 10.9. The highest BCUT2D eigenvalue weighted by atomic mass is 35.5. The summed E-state index contributed by atoms with van der Waals surface area (Å²) in [5.41, 5.74) is -0.209. The molecule has 0 radical (unpaired) electrons. The number of aromatic nitrogens is 5. The first-order chi connectivity index (χ1) is 17.0. The van der Waals surface area contributed by atoms with Crippen molar-refractivity contribution < 1.29 is 14.3 Å². The molecule has 12 heteroatoms. The maximum atomic E-state index is 13.5. The second-order valence-electron chi connectivity index (χ2n) is 10.2. The summed E-state index contributed by atoms with van der Waals surface area (Å²) in [7, 11) is 0. The number of ether oxygens (including phenoxy) is 2. The molecule has 1 fully saturated rings. The monoisotopic (exact) mass is 513 g/mol. The lowest BCUT2D eigenvalue weighted by atomic mass is 10.1. The highest BCUT2D eigenvalue weighted by Crippen LogP contribution is 2.38. The number of hydrogen-bond donors (Lipinski definition) is 0. The first kappa shape index (κ1) is 24.2. The predicted octanol–water partition coefficient (Wildman–Crippen LogP) is 3.17. The molecule has 0 spiro atoms. The molecule has 2 aliphatic heterocycles. The number of amides is 1. The minimum Gasteiger partial charge on any atom is -0.490 e. The van der Waals surface area contributed by atoms with Gasteiger partial charge in [0.15, 0.2) is 11.5 Å². The maximum absolute atomic E-state index is 13.5. The van der Waals surface area contributed by atoms with Gasteiger partial charge in [-0.25, -0.2) is 24.1 Å². The molecule has 0 N–H and O–H groups in total. The van der Waals surface area contributed by atoms with Gasteiger partial charge in [0, 0.05) is 38.1 Å². The van der Waals surface area contributed by atoms with E-state index in [-0.39, 0.29) is 29.8 Å². The number of rotatable bonds is 2. The standard InChI is InChI=1S/C24H28ClN7O4/c1-13(2)18-21(27-7-6-26-18)32-20-17-15(10-16(25)28-20)35-12-14-11-30(23(34)36-24(3,4)5)8-9-31(14)19(17)29-22(32)33/h6-7,10,13-14H,8-9,11-12H2,1-5H3/t14-/m1/s1. The number of piperazine rings is 1. The first-order valence-electron chi connectivity index (χ1n) is 11.9. The third-order valence-electron chi connectivity index (χ3n) is 6.06. The Bertz CT molecular complexity index is 1400. The van der Waals surface area contributed by atoms with Crippen LogP contribution in [0.25, 0.3) is 16.9 Å². The number of fused-ring (bicyclic) bond motifs is 2. The first-order valence-corrected chi connectivity index (χ1v) is 12.2. The summed E-state index contributed by atoms with van der Waals surface area (Å²) in [5.74, 6) is 1.28. The van der Waals surface area contributed by atoms with Crippen LogP contribution in [-0.2, 0) is 4.74 Å². The third kappa shape index (κ3) is 4.32. The Morgan fingerprint density at radius 2 is 1.92 bits per heavy atom. The third-order valence-corrected chi connectivity index (χ3v) is 6.26. The van der Waals surface area contributed by atoms with Gasteiger partial charge in [0.1, 0.15) is 34.3 Å². The summed E-state index contributed by atoms with van der Waals surface area (Å²) in [6.07, 6.45) is 2.73. The van der Waals surface area contributed by atoms with E-state index in [0.29, 0.717) is 53.7 Å². The number of halogens is 1. The SMILES string of the molecule is CC(C)c1nccnc1-n1c(=O)nc2c3c(cc(Cl)nc31)OC[C@H]1CN(C(=O)OC(C)(C)C)CCN21. The lowest BCUT2D eigenvalue weighted by molar-refractivity contribution is 0.0202. The van der Waals surface area contributed by atoms with Gasteiger partial charge in [0.25, 0.3) is 0 Å². The van der Waals surface area contributed by atoms with Crippen LogP contribution in [0.1, 0.15) is 46.2 Å². The molecule has 0 saturated carbocycles. The van der Waals surface area contributed by atoms with Crippen LogP contribution in [0.3, 0.4) is 0 Å². The van der Waals surface area contributed by atoms with E-state index >= 15 is 0 Å². The molecule has 5 heterocycles. The number of anilines is 1. The van der Waals surface area contributed by atoms with E-state index in [2.05, 4.69) is 19.9 Å². The molecule has 0 aromatic carbocycles. The topological polar surface area (TPSA) is 116 Å². The van der Waals surface area contributed by atoms with Crippen molar-refractivity contribution in [1.82, 2.24) is 29.4 Å². The van der Waals surface area contributed by atoms with Crippen LogP contribution in [0.2, 0.25) is 5.15 Å². The Balaban J connectivity index is 1.63. The van der Waals surface area contributed by atoms with Crippen LogP contribution in [0, 0.1) is 0 Å². The molecule has 1 saturated heterocycles. The van der Waals surface area contributed by atoms with Gasteiger partial charge in [0.2, 0.25) is 0 Å². The zero-order valence-electron chi connectivity index (χ0n) is 20.9. The van der Waals surface area contributed by atoms with Crippen LogP contribution >= 0.6 is 11.6 Å². The molecule has 1 atom stereocenters. The van der Waals surface area contributed by atoms with Gasteiger partial charge in [-0.15, -0.1) is 0 Å². The molecule has 3 aromatic heterocycles. The van der Waals surface area contributed by atoms with Crippen molar-refractivity contribution in [3.05, 3.63) is 39.8 Å². The van der Waals surface area contributed by atoms with E-state index in [1.54, 1.807) is 17.2 Å². The Labute approximate surface area is 213 Å². The average Bonchev–Trinajstić information content (AvgIpc) is 2.95. The van der Waals surface area contributed by atoms with Gasteiger partial charge in [-0.1, -0.05) is 25.4 Å². The van der Waals surface area contributed by atoms with E-state index < -0.39 is 11.3 Å². The number of hydrogen-bond acceptors (Lipinski definition) is 9. The van der Waals surface area contributed by atoms with Crippen molar-refractivity contribution in [3.8, 4) is 11.6 Å². The molecule has 11 nitrogen and oxygen atoms in total. The Kier molecular flexibility index (Phi) is 5.98. The number of pyridine rings is 1. The maximum Gasteiger partial charge on any atom is 0.410 e. The van der Waals surface area contributed by atoms with E-state index in [9.17, 15) is 9.59 Å². The second-order valence-corrected chi connectivity index (χ2v) is 10.6. The second kappa shape index (κ2) is 8.88. The zero-order chi connectivity index (χ0) is 25.8. The van der Waals surface area contributed by atoms with Crippen LogP contribution in [0.5, 0.6) is 5.75 Å². The average molecular weight is 514 g/mol. The van der Waals surface area contributed by atoms with E-state index in [0.717, 1.165) is 0 Å². The van der Waals surface area contributed by atoms with Crippen molar-refractivity contribution in [2.24, 2.45) is 0 Å². The van der Waals surface area contributed by atoms with Crippen LogP contribution < -0.4 is 15.3 Å². The highest BCUT2D eigenvalue weighted by molar-refractivity contribution is 6.30. The minimum atomic E-state index is -0.597. The largest absolute Gasteiger partial charge is 0.490 e. The molecule has 190 valence electrons. The molecule has 3 aromatic rings. The predicted molar refractivity (Wildman–Crippen MR) is 134 cm³/mol. The van der Waals surface area contributed by atoms with Gasteiger partial charge in [0.05, 0.1) is 11.7 Å². The van der Waals surface area contributed by atoms with Crippen LogP contribution in [-0.4, -0.2) is 73.4 Å². The Hall–Kier alpha value is -3.47. The number of carbonyl (C=O) groups is 1. The molecular formula is C24H28ClN7O4. The van der Waals surface area contributed by atoms with E-state index in [1.807, 2.05) is 39.5 Å². The summed E-state index contributed by atoms with van der Waals surface area (Å²) in [5, 5.41) is 0.737. The number of nitrogens with zero attached hydrogens (tertiary/aromatic N) is 7. The summed E-state index contributed by atoms with van der Waals surface area (Å²) < 4.78 is 13.1. The van der Waals surface area contributed by atoms with Crippen molar-refractivity contribution in [3.63, 3.8) is 0 Å². The number of carbonyl (C=O) groups excluding carboxylic acids is 1. The van der Waals surface area contributed by atoms with Gasteiger partial charge in [-0.3, -0.25) is 4.98 Å². The molecule has 5 rings (SSSR count). The molecule has 1 amide bonds. The van der Waals surface area contributed by atoms with E-state index in [4.69, 9.17) is 21.1 Å². The van der Waals surface area contributed by atoms with Crippen LogP contribution in [0.15, 0.2) is 23.3 Å². The fourth-order valence-electron chi connectivity index (χ4n) is 4.53. The quantitative estimate of drug-likeness (QED) is 0.476. The zero-order valence-corrected chi connectivity index (χ0v) is 21.6. The molecule has 0 bridgehead atoms. The van der Waals surface area contributed by atoms with E-state index in [1.165, 1.54) is 10.8 Å². The Morgan fingerprint density at radius 1 is 1.17 bits per heavy atom. The van der Waals surface area contributed by atoms with Crippen molar-refractivity contribution in [1.29, 1.82) is 0 Å². The fourth-order valence-corrected chi connectivity index (χ4v) is 4.71. The van der Waals surface area contributed by atoms with Crippen molar-refractivity contribution >= 4 is 34.5 Å². The van der Waals surface area contributed by atoms with Crippen LogP contribution in [0.4, 0.5) is 10.6 Å². The lowest BCUT2D eigenvalue weighted by Gasteiger charge is -2.41. The van der Waals surface area contributed by atoms with Gasteiger partial charge >= 0.3 is 11.8 Å². The molecule has 36 heavy (non-hydrogen) atoms. The normalized spacial score (nSPS) is 17.6. The van der Waals surface area contributed by atoms with Gasteiger partial charge < -0.3 is 19.3 Å². The molecule has 0 aliphatic carbocycles. The van der Waals surface area contributed by atoms with Gasteiger partial charge in [-0.2, -0.15) is 4.98 Å². The highest BCUT2D eigenvalue weighted by Gasteiger charge is 2.37. The van der Waals surface area contributed by atoms with Crippen molar-refractivity contribution in [2.45, 2.75) is 52.2 Å².